The Labute approximate surface area is 131 Å². The minimum Gasteiger partial charge on any atom is -0.422 e. The molecule has 0 saturated carbocycles. The van der Waals surface area contributed by atoms with Crippen LogP contribution in [0.4, 0.5) is 0 Å². The van der Waals surface area contributed by atoms with Crippen LogP contribution in [0.1, 0.15) is 16.7 Å². The molecule has 3 heteroatoms. The van der Waals surface area contributed by atoms with Gasteiger partial charge in [-0.05, 0) is 36.8 Å². The number of ether oxygens (including phenoxy) is 1. The van der Waals surface area contributed by atoms with Crippen LogP contribution in [0, 0.1) is 6.92 Å². The maximum Gasteiger partial charge on any atom is 0.343 e. The van der Waals surface area contributed by atoms with Crippen molar-refractivity contribution in [2.75, 3.05) is 0 Å². The van der Waals surface area contributed by atoms with Gasteiger partial charge in [-0.1, -0.05) is 57.9 Å². The third kappa shape index (κ3) is 3.14. The van der Waals surface area contributed by atoms with E-state index < -0.39 is 0 Å². The lowest BCUT2D eigenvalue weighted by atomic mass is 10.1. The van der Waals surface area contributed by atoms with Crippen molar-refractivity contribution in [2.45, 2.75) is 6.92 Å². The summed E-state index contributed by atoms with van der Waals surface area (Å²) >= 11 is 3.39. The summed E-state index contributed by atoms with van der Waals surface area (Å²) in [5.41, 5.74) is 3.61. The molecule has 0 atom stereocenters. The van der Waals surface area contributed by atoms with Crippen molar-refractivity contribution < 1.29 is 9.53 Å². The molecule has 0 aliphatic carbocycles. The van der Waals surface area contributed by atoms with Crippen LogP contribution in [-0.2, 0) is 9.53 Å². The Kier molecular flexibility index (Phi) is 3.76. The van der Waals surface area contributed by atoms with E-state index in [-0.39, 0.29) is 5.97 Å². The van der Waals surface area contributed by atoms with E-state index in [0.29, 0.717) is 11.3 Å². The SMILES string of the molecule is Cc1ccc(C2=CC(=Cc3ccc(Br)cc3)C(=O)O2)cc1. The van der Waals surface area contributed by atoms with Gasteiger partial charge in [0.2, 0.25) is 0 Å². The van der Waals surface area contributed by atoms with Crippen LogP contribution in [0.25, 0.3) is 11.8 Å². The zero-order chi connectivity index (χ0) is 14.8. The zero-order valence-electron chi connectivity index (χ0n) is 11.5. The van der Waals surface area contributed by atoms with Gasteiger partial charge in [0.25, 0.3) is 0 Å². The smallest absolute Gasteiger partial charge is 0.343 e. The van der Waals surface area contributed by atoms with Gasteiger partial charge in [0, 0.05) is 10.0 Å². The van der Waals surface area contributed by atoms with Crippen molar-refractivity contribution in [1.29, 1.82) is 0 Å². The standard InChI is InChI=1S/C18H13BrO2/c1-12-2-6-14(7-3-12)17-11-15(18(20)21-17)10-13-4-8-16(19)9-5-13/h2-11H,1H3. The summed E-state index contributed by atoms with van der Waals surface area (Å²) in [4.78, 5) is 11.9. The first-order chi connectivity index (χ1) is 10.1. The molecule has 0 radical (unpaired) electrons. The fourth-order valence-corrected chi connectivity index (χ4v) is 2.35. The molecule has 2 aromatic rings. The molecule has 0 spiro atoms. The van der Waals surface area contributed by atoms with Gasteiger partial charge < -0.3 is 4.74 Å². The first kappa shape index (κ1) is 13.8. The predicted octanol–water partition coefficient (Wildman–Crippen LogP) is 4.74. The van der Waals surface area contributed by atoms with Crippen molar-refractivity contribution in [3.63, 3.8) is 0 Å². The quantitative estimate of drug-likeness (QED) is 0.583. The van der Waals surface area contributed by atoms with Crippen LogP contribution >= 0.6 is 15.9 Å². The second kappa shape index (κ2) is 5.70. The maximum absolute atomic E-state index is 11.9. The highest BCUT2D eigenvalue weighted by Gasteiger charge is 2.21. The van der Waals surface area contributed by atoms with Crippen molar-refractivity contribution in [2.24, 2.45) is 0 Å². The number of halogens is 1. The molecular weight excluding hydrogens is 328 g/mol. The molecule has 0 N–H and O–H groups in total. The first-order valence-corrected chi connectivity index (χ1v) is 7.39. The molecule has 0 amide bonds. The summed E-state index contributed by atoms with van der Waals surface area (Å²) in [5.74, 6) is 0.289. The second-order valence-corrected chi connectivity index (χ2v) is 5.83. The zero-order valence-corrected chi connectivity index (χ0v) is 13.1. The highest BCUT2D eigenvalue weighted by atomic mass is 79.9. The number of hydrogen-bond donors (Lipinski definition) is 0. The molecule has 1 heterocycles. The Morgan fingerprint density at radius 1 is 1.00 bits per heavy atom. The second-order valence-electron chi connectivity index (χ2n) is 4.92. The fourth-order valence-electron chi connectivity index (χ4n) is 2.09. The average molecular weight is 341 g/mol. The normalized spacial score (nSPS) is 16.0. The summed E-state index contributed by atoms with van der Waals surface area (Å²) in [6.45, 7) is 2.03. The predicted molar refractivity (Wildman–Crippen MR) is 87.4 cm³/mol. The van der Waals surface area contributed by atoms with Crippen LogP contribution in [-0.4, -0.2) is 5.97 Å². The Morgan fingerprint density at radius 3 is 2.33 bits per heavy atom. The van der Waals surface area contributed by atoms with E-state index in [1.54, 1.807) is 6.08 Å². The Bertz CT molecular complexity index is 738. The van der Waals surface area contributed by atoms with Crippen LogP contribution in [0.3, 0.4) is 0 Å². The molecular formula is C18H13BrO2. The van der Waals surface area contributed by atoms with E-state index >= 15 is 0 Å². The molecule has 1 aliphatic rings. The molecule has 2 aromatic carbocycles. The molecule has 21 heavy (non-hydrogen) atoms. The van der Waals surface area contributed by atoms with E-state index in [1.807, 2.05) is 61.5 Å². The summed E-state index contributed by atoms with van der Waals surface area (Å²) < 4.78 is 6.35. The summed E-state index contributed by atoms with van der Waals surface area (Å²) in [5, 5.41) is 0. The van der Waals surface area contributed by atoms with Gasteiger partial charge in [-0.15, -0.1) is 0 Å². The molecule has 2 nitrogen and oxygen atoms in total. The topological polar surface area (TPSA) is 26.3 Å². The van der Waals surface area contributed by atoms with Crippen LogP contribution in [0.5, 0.6) is 0 Å². The van der Waals surface area contributed by atoms with Gasteiger partial charge in [0.05, 0.1) is 5.57 Å². The van der Waals surface area contributed by atoms with Crippen molar-refractivity contribution in [3.05, 3.63) is 81.3 Å². The van der Waals surface area contributed by atoms with E-state index in [9.17, 15) is 4.79 Å². The molecule has 0 saturated heterocycles. The van der Waals surface area contributed by atoms with Gasteiger partial charge in [-0.3, -0.25) is 0 Å². The Morgan fingerprint density at radius 2 is 1.67 bits per heavy atom. The lowest BCUT2D eigenvalue weighted by Gasteiger charge is -2.01. The number of hydrogen-bond acceptors (Lipinski definition) is 2. The highest BCUT2D eigenvalue weighted by Crippen LogP contribution is 2.27. The number of aryl methyl sites for hydroxylation is 1. The number of rotatable bonds is 2. The Balaban J connectivity index is 1.91. The summed E-state index contributed by atoms with van der Waals surface area (Å²) in [6, 6.07) is 15.7. The lowest BCUT2D eigenvalue weighted by molar-refractivity contribution is -0.130. The number of cyclic esters (lactones) is 1. The molecule has 1 aliphatic heterocycles. The molecule has 0 unspecified atom stereocenters. The number of benzene rings is 2. The monoisotopic (exact) mass is 340 g/mol. The van der Waals surface area contributed by atoms with Gasteiger partial charge in [0.1, 0.15) is 5.76 Å². The number of carbonyl (C=O) groups excluding carboxylic acids is 1. The number of carbonyl (C=O) groups is 1. The third-order valence-corrected chi connectivity index (χ3v) is 3.78. The minimum absolute atomic E-state index is 0.312. The van der Waals surface area contributed by atoms with E-state index in [4.69, 9.17) is 4.74 Å². The average Bonchev–Trinajstić information content (AvgIpc) is 2.83. The van der Waals surface area contributed by atoms with Gasteiger partial charge in [-0.25, -0.2) is 4.79 Å². The van der Waals surface area contributed by atoms with Crippen molar-refractivity contribution >= 4 is 33.7 Å². The lowest BCUT2D eigenvalue weighted by Crippen LogP contribution is -1.97. The van der Waals surface area contributed by atoms with Crippen LogP contribution in [0.2, 0.25) is 0 Å². The maximum atomic E-state index is 11.9. The van der Waals surface area contributed by atoms with Gasteiger partial charge in [0.15, 0.2) is 0 Å². The van der Waals surface area contributed by atoms with Gasteiger partial charge in [-0.2, -0.15) is 0 Å². The highest BCUT2D eigenvalue weighted by molar-refractivity contribution is 9.10. The minimum atomic E-state index is -0.312. The van der Waals surface area contributed by atoms with Crippen LogP contribution in [0.15, 0.2) is 64.7 Å². The van der Waals surface area contributed by atoms with Crippen molar-refractivity contribution in [1.82, 2.24) is 0 Å². The molecule has 3 rings (SSSR count). The van der Waals surface area contributed by atoms with E-state index in [2.05, 4.69) is 15.9 Å². The molecule has 0 aromatic heterocycles. The van der Waals surface area contributed by atoms with E-state index in [1.165, 1.54) is 5.56 Å². The fraction of sp³-hybridized carbons (Fsp3) is 0.0556. The molecule has 104 valence electrons. The van der Waals surface area contributed by atoms with Crippen LogP contribution < -0.4 is 0 Å². The summed E-state index contributed by atoms with van der Waals surface area (Å²) in [7, 11) is 0. The molecule has 0 fully saturated rings. The number of esters is 1. The van der Waals surface area contributed by atoms with Crippen molar-refractivity contribution in [3.8, 4) is 0 Å². The molecule has 0 bridgehead atoms. The van der Waals surface area contributed by atoms with Gasteiger partial charge >= 0.3 is 5.97 Å². The Hall–Kier alpha value is -2.13. The largest absolute Gasteiger partial charge is 0.422 e. The summed E-state index contributed by atoms with van der Waals surface area (Å²) in [6.07, 6.45) is 3.62. The third-order valence-electron chi connectivity index (χ3n) is 3.25. The van der Waals surface area contributed by atoms with E-state index in [0.717, 1.165) is 15.6 Å². The first-order valence-electron chi connectivity index (χ1n) is 6.60.